The van der Waals surface area contributed by atoms with Crippen molar-refractivity contribution in [1.29, 1.82) is 0 Å². The molecule has 0 aliphatic carbocycles. The number of likely N-dealkylation sites (N-methyl/N-ethyl adjacent to an activating group) is 1. The van der Waals surface area contributed by atoms with E-state index in [0.29, 0.717) is 19.6 Å². The minimum absolute atomic E-state index is 0.0533. The van der Waals surface area contributed by atoms with Crippen LogP contribution >= 0.6 is 0 Å². The van der Waals surface area contributed by atoms with Crippen molar-refractivity contribution in [3.05, 3.63) is 35.9 Å². The zero-order valence-corrected chi connectivity index (χ0v) is 12.4. The van der Waals surface area contributed by atoms with E-state index in [2.05, 4.69) is 4.90 Å². The van der Waals surface area contributed by atoms with Gasteiger partial charge in [-0.1, -0.05) is 30.3 Å². The Hall–Kier alpha value is -1.72. The zero-order chi connectivity index (χ0) is 14.8. The molecule has 112 valence electrons. The number of carbonyl (C=O) groups is 2. The van der Waals surface area contributed by atoms with Gasteiger partial charge in [-0.15, -0.1) is 0 Å². The Labute approximate surface area is 125 Å². The van der Waals surface area contributed by atoms with Gasteiger partial charge < -0.3 is 4.90 Å². The second-order valence-electron chi connectivity index (χ2n) is 5.99. The standard InChI is InChI=1S/C16H21N3O2/c1-17-8-7-14(10-17)19-15(20)11-18(12-16(19)21)9-13-5-3-2-4-6-13/h2-6,14H,7-12H2,1H3. The van der Waals surface area contributed by atoms with Crippen LogP contribution in [-0.4, -0.2) is 65.8 Å². The number of hydrogen-bond acceptors (Lipinski definition) is 4. The molecule has 5 heteroatoms. The fraction of sp³-hybridized carbons (Fsp3) is 0.500. The van der Waals surface area contributed by atoms with Gasteiger partial charge >= 0.3 is 0 Å². The SMILES string of the molecule is CN1CCC(N2C(=O)CN(Cc3ccccc3)CC2=O)C1. The first kappa shape index (κ1) is 14.2. The number of rotatable bonds is 3. The number of imide groups is 1. The summed E-state index contributed by atoms with van der Waals surface area (Å²) in [5.74, 6) is -0.107. The fourth-order valence-electron chi connectivity index (χ4n) is 3.21. The Morgan fingerprint density at radius 3 is 2.33 bits per heavy atom. The average molecular weight is 287 g/mol. The molecule has 3 rings (SSSR count). The molecule has 2 aliphatic heterocycles. The third kappa shape index (κ3) is 3.14. The van der Waals surface area contributed by atoms with E-state index in [1.54, 1.807) is 0 Å². The lowest BCUT2D eigenvalue weighted by molar-refractivity contribution is -0.154. The molecule has 5 nitrogen and oxygen atoms in total. The lowest BCUT2D eigenvalue weighted by atomic mass is 10.1. The van der Waals surface area contributed by atoms with Gasteiger partial charge in [-0.2, -0.15) is 0 Å². The Kier molecular flexibility index (Phi) is 4.03. The number of piperazine rings is 1. The average Bonchev–Trinajstić information content (AvgIpc) is 2.85. The summed E-state index contributed by atoms with van der Waals surface area (Å²) in [5.41, 5.74) is 1.13. The van der Waals surface area contributed by atoms with Crippen LogP contribution in [0.5, 0.6) is 0 Å². The molecule has 1 aromatic rings. The van der Waals surface area contributed by atoms with Crippen LogP contribution in [0.15, 0.2) is 30.3 Å². The highest BCUT2D eigenvalue weighted by Crippen LogP contribution is 2.18. The van der Waals surface area contributed by atoms with E-state index in [1.807, 2.05) is 42.3 Å². The van der Waals surface area contributed by atoms with Crippen LogP contribution in [0.2, 0.25) is 0 Å². The van der Waals surface area contributed by atoms with Gasteiger partial charge in [-0.25, -0.2) is 0 Å². The van der Waals surface area contributed by atoms with Gasteiger partial charge in [0.25, 0.3) is 0 Å². The monoisotopic (exact) mass is 287 g/mol. The molecule has 1 atom stereocenters. The van der Waals surface area contributed by atoms with E-state index < -0.39 is 0 Å². The van der Waals surface area contributed by atoms with Crippen molar-refractivity contribution in [2.24, 2.45) is 0 Å². The van der Waals surface area contributed by atoms with Crippen molar-refractivity contribution >= 4 is 11.8 Å². The minimum Gasteiger partial charge on any atom is -0.304 e. The Bertz CT molecular complexity index is 514. The third-order valence-corrected chi connectivity index (χ3v) is 4.24. The van der Waals surface area contributed by atoms with Crippen molar-refractivity contribution in [1.82, 2.24) is 14.7 Å². The predicted molar refractivity (Wildman–Crippen MR) is 79.5 cm³/mol. The number of carbonyl (C=O) groups excluding carboxylic acids is 2. The van der Waals surface area contributed by atoms with Crippen molar-refractivity contribution in [3.63, 3.8) is 0 Å². The maximum atomic E-state index is 12.3. The smallest absolute Gasteiger partial charge is 0.243 e. The summed E-state index contributed by atoms with van der Waals surface area (Å²) in [4.78, 5) is 30.3. The van der Waals surface area contributed by atoms with Gasteiger partial charge in [0.15, 0.2) is 0 Å². The van der Waals surface area contributed by atoms with Crippen LogP contribution in [0, 0.1) is 0 Å². The molecule has 0 saturated carbocycles. The molecule has 21 heavy (non-hydrogen) atoms. The van der Waals surface area contributed by atoms with E-state index in [1.165, 1.54) is 4.90 Å². The number of hydrogen-bond donors (Lipinski definition) is 0. The van der Waals surface area contributed by atoms with E-state index in [0.717, 1.165) is 25.1 Å². The van der Waals surface area contributed by atoms with Gasteiger partial charge in [0.1, 0.15) is 0 Å². The Morgan fingerprint density at radius 2 is 1.76 bits per heavy atom. The normalized spacial score (nSPS) is 24.8. The topological polar surface area (TPSA) is 43.9 Å². The number of amides is 2. The van der Waals surface area contributed by atoms with Gasteiger partial charge in [0.05, 0.1) is 19.1 Å². The van der Waals surface area contributed by atoms with Crippen molar-refractivity contribution in [2.45, 2.75) is 19.0 Å². The first-order valence-corrected chi connectivity index (χ1v) is 7.43. The molecule has 1 unspecified atom stereocenters. The number of benzene rings is 1. The maximum Gasteiger partial charge on any atom is 0.243 e. The molecule has 2 saturated heterocycles. The molecule has 2 heterocycles. The highest BCUT2D eigenvalue weighted by molar-refractivity contribution is 5.99. The summed E-state index contributed by atoms with van der Waals surface area (Å²) in [6, 6.07) is 10.0. The zero-order valence-electron chi connectivity index (χ0n) is 12.4. The highest BCUT2D eigenvalue weighted by Gasteiger charge is 2.38. The predicted octanol–water partition coefficient (Wildman–Crippen LogP) is 0.561. The Morgan fingerprint density at radius 1 is 1.10 bits per heavy atom. The number of likely N-dealkylation sites (tertiary alicyclic amines) is 1. The van der Waals surface area contributed by atoms with Crippen LogP contribution in [0.1, 0.15) is 12.0 Å². The maximum absolute atomic E-state index is 12.3. The summed E-state index contributed by atoms with van der Waals surface area (Å²) < 4.78 is 0. The summed E-state index contributed by atoms with van der Waals surface area (Å²) in [6.07, 6.45) is 0.896. The first-order chi connectivity index (χ1) is 10.1. The molecule has 0 bridgehead atoms. The summed E-state index contributed by atoms with van der Waals surface area (Å²) >= 11 is 0. The lowest BCUT2D eigenvalue weighted by Crippen LogP contribution is -2.57. The van der Waals surface area contributed by atoms with Crippen molar-refractivity contribution in [2.75, 3.05) is 33.2 Å². The minimum atomic E-state index is -0.0533. The van der Waals surface area contributed by atoms with E-state index in [9.17, 15) is 9.59 Å². The van der Waals surface area contributed by atoms with Crippen molar-refractivity contribution < 1.29 is 9.59 Å². The van der Waals surface area contributed by atoms with E-state index in [4.69, 9.17) is 0 Å². The summed E-state index contributed by atoms with van der Waals surface area (Å²) in [7, 11) is 2.03. The molecular weight excluding hydrogens is 266 g/mol. The number of nitrogens with zero attached hydrogens (tertiary/aromatic N) is 3. The van der Waals surface area contributed by atoms with Crippen LogP contribution in [0.4, 0.5) is 0 Å². The first-order valence-electron chi connectivity index (χ1n) is 7.43. The van der Waals surface area contributed by atoms with Crippen LogP contribution < -0.4 is 0 Å². The molecule has 1 aromatic carbocycles. The van der Waals surface area contributed by atoms with Crippen LogP contribution in [-0.2, 0) is 16.1 Å². The van der Waals surface area contributed by atoms with Gasteiger partial charge in [0, 0.05) is 13.1 Å². The molecule has 0 radical (unpaired) electrons. The molecule has 0 N–H and O–H groups in total. The molecule has 0 aromatic heterocycles. The van der Waals surface area contributed by atoms with E-state index >= 15 is 0 Å². The molecular formula is C16H21N3O2. The second-order valence-corrected chi connectivity index (χ2v) is 5.99. The van der Waals surface area contributed by atoms with E-state index in [-0.39, 0.29) is 17.9 Å². The molecule has 2 amide bonds. The summed E-state index contributed by atoms with van der Waals surface area (Å²) in [6.45, 7) is 3.07. The molecule has 0 spiro atoms. The lowest BCUT2D eigenvalue weighted by Gasteiger charge is -2.36. The molecule has 2 fully saturated rings. The summed E-state index contributed by atoms with van der Waals surface area (Å²) in [5, 5.41) is 0. The largest absolute Gasteiger partial charge is 0.304 e. The molecule has 2 aliphatic rings. The van der Waals surface area contributed by atoms with Gasteiger partial charge in [-0.05, 0) is 25.6 Å². The second kappa shape index (κ2) is 5.95. The Balaban J connectivity index is 1.64. The van der Waals surface area contributed by atoms with Crippen LogP contribution in [0.3, 0.4) is 0 Å². The van der Waals surface area contributed by atoms with Crippen molar-refractivity contribution in [3.8, 4) is 0 Å². The highest BCUT2D eigenvalue weighted by atomic mass is 16.2. The quantitative estimate of drug-likeness (QED) is 0.762. The van der Waals surface area contributed by atoms with Crippen LogP contribution in [0.25, 0.3) is 0 Å². The van der Waals surface area contributed by atoms with Gasteiger partial charge in [0.2, 0.25) is 11.8 Å². The third-order valence-electron chi connectivity index (χ3n) is 4.24. The fourth-order valence-corrected chi connectivity index (χ4v) is 3.21. The van der Waals surface area contributed by atoms with Gasteiger partial charge in [-0.3, -0.25) is 19.4 Å².